The average molecular weight is 236 g/mol. The van der Waals surface area contributed by atoms with Gasteiger partial charge in [0, 0.05) is 0 Å². The van der Waals surface area contributed by atoms with E-state index in [1.165, 1.54) is 6.92 Å². The van der Waals surface area contributed by atoms with Crippen molar-refractivity contribution in [1.82, 2.24) is 0 Å². The van der Waals surface area contributed by atoms with Crippen molar-refractivity contribution in [3.8, 4) is 0 Å². The van der Waals surface area contributed by atoms with Crippen molar-refractivity contribution in [3.63, 3.8) is 0 Å². The standard InChI is InChI=1S/C14H20O3/c1-9(13(16)17)12(15)10-5-7-11(8-6-10)14(2,3)4/h5-9,12,15H,1-4H3,(H,16,17). The van der Waals surface area contributed by atoms with Crippen LogP contribution in [0.2, 0.25) is 0 Å². The van der Waals surface area contributed by atoms with Crippen LogP contribution in [0.3, 0.4) is 0 Å². The normalized spacial score (nSPS) is 15.4. The third kappa shape index (κ3) is 3.30. The van der Waals surface area contributed by atoms with Crippen molar-refractivity contribution in [2.75, 3.05) is 0 Å². The van der Waals surface area contributed by atoms with Crippen LogP contribution in [0, 0.1) is 5.92 Å². The summed E-state index contributed by atoms with van der Waals surface area (Å²) in [5.41, 5.74) is 1.87. The highest BCUT2D eigenvalue weighted by Crippen LogP contribution is 2.26. The molecule has 0 bridgehead atoms. The Balaban J connectivity index is 2.92. The molecule has 2 unspecified atom stereocenters. The molecule has 0 aliphatic carbocycles. The molecule has 0 spiro atoms. The summed E-state index contributed by atoms with van der Waals surface area (Å²) in [6.07, 6.45) is -0.957. The molecule has 94 valence electrons. The first kappa shape index (κ1) is 13.7. The van der Waals surface area contributed by atoms with Crippen LogP contribution < -0.4 is 0 Å². The second-order valence-corrected chi connectivity index (χ2v) is 5.44. The molecule has 0 aliphatic rings. The number of carboxylic acids is 1. The number of benzene rings is 1. The number of rotatable bonds is 3. The zero-order valence-corrected chi connectivity index (χ0v) is 10.8. The quantitative estimate of drug-likeness (QED) is 0.848. The summed E-state index contributed by atoms with van der Waals surface area (Å²) in [6.45, 7) is 7.83. The minimum Gasteiger partial charge on any atom is -0.481 e. The topological polar surface area (TPSA) is 57.5 Å². The van der Waals surface area contributed by atoms with Gasteiger partial charge in [0.25, 0.3) is 0 Å². The summed E-state index contributed by atoms with van der Waals surface area (Å²) in [6, 6.07) is 7.47. The molecule has 0 saturated heterocycles. The van der Waals surface area contributed by atoms with Crippen LogP contribution in [0.25, 0.3) is 0 Å². The number of hydrogen-bond acceptors (Lipinski definition) is 2. The molecule has 1 rings (SSSR count). The largest absolute Gasteiger partial charge is 0.481 e. The van der Waals surface area contributed by atoms with Crippen molar-refractivity contribution in [2.24, 2.45) is 5.92 Å². The fourth-order valence-electron chi connectivity index (χ4n) is 1.60. The summed E-state index contributed by atoms with van der Waals surface area (Å²) in [7, 11) is 0. The Morgan fingerprint density at radius 1 is 1.18 bits per heavy atom. The van der Waals surface area contributed by atoms with Crippen LogP contribution in [0.4, 0.5) is 0 Å². The van der Waals surface area contributed by atoms with Gasteiger partial charge in [-0.2, -0.15) is 0 Å². The van der Waals surface area contributed by atoms with Gasteiger partial charge in [-0.1, -0.05) is 45.0 Å². The molecule has 1 aromatic carbocycles. The molecule has 3 nitrogen and oxygen atoms in total. The zero-order chi connectivity index (χ0) is 13.2. The van der Waals surface area contributed by atoms with E-state index in [-0.39, 0.29) is 5.41 Å². The van der Waals surface area contributed by atoms with E-state index in [2.05, 4.69) is 20.8 Å². The van der Waals surface area contributed by atoms with Gasteiger partial charge in [0.2, 0.25) is 0 Å². The van der Waals surface area contributed by atoms with Crippen LogP contribution in [-0.4, -0.2) is 16.2 Å². The van der Waals surface area contributed by atoms with Crippen molar-refractivity contribution < 1.29 is 15.0 Å². The fraction of sp³-hybridized carbons (Fsp3) is 0.500. The van der Waals surface area contributed by atoms with Gasteiger partial charge >= 0.3 is 5.97 Å². The van der Waals surface area contributed by atoms with E-state index < -0.39 is 18.0 Å². The lowest BCUT2D eigenvalue weighted by Crippen LogP contribution is -2.19. The van der Waals surface area contributed by atoms with Crippen molar-refractivity contribution in [1.29, 1.82) is 0 Å². The van der Waals surface area contributed by atoms with Crippen molar-refractivity contribution >= 4 is 5.97 Å². The molecular weight excluding hydrogens is 216 g/mol. The first-order valence-electron chi connectivity index (χ1n) is 5.75. The molecule has 0 aliphatic heterocycles. The Morgan fingerprint density at radius 2 is 1.65 bits per heavy atom. The molecule has 0 fully saturated rings. The molecule has 2 atom stereocenters. The monoisotopic (exact) mass is 236 g/mol. The van der Waals surface area contributed by atoms with E-state index in [0.29, 0.717) is 5.56 Å². The summed E-state index contributed by atoms with van der Waals surface area (Å²) < 4.78 is 0. The molecule has 1 aromatic rings. The minimum atomic E-state index is -0.989. The second kappa shape index (κ2) is 4.88. The summed E-state index contributed by atoms with van der Waals surface area (Å²) in [5, 5.41) is 18.7. The molecule has 0 heterocycles. The van der Waals surface area contributed by atoms with E-state index in [9.17, 15) is 9.90 Å². The molecule has 0 radical (unpaired) electrons. The van der Waals surface area contributed by atoms with Gasteiger partial charge < -0.3 is 10.2 Å². The number of hydrogen-bond donors (Lipinski definition) is 2. The Morgan fingerprint density at radius 3 is 2.00 bits per heavy atom. The highest BCUT2D eigenvalue weighted by molar-refractivity contribution is 5.70. The summed E-state index contributed by atoms with van der Waals surface area (Å²) in [4.78, 5) is 10.8. The molecule has 2 N–H and O–H groups in total. The third-order valence-corrected chi connectivity index (χ3v) is 2.98. The van der Waals surface area contributed by atoms with E-state index >= 15 is 0 Å². The second-order valence-electron chi connectivity index (χ2n) is 5.44. The van der Waals surface area contributed by atoms with Crippen LogP contribution in [0.15, 0.2) is 24.3 Å². The lowest BCUT2D eigenvalue weighted by atomic mass is 9.85. The van der Waals surface area contributed by atoms with Gasteiger partial charge in [-0.15, -0.1) is 0 Å². The van der Waals surface area contributed by atoms with Crippen LogP contribution in [0.1, 0.15) is 44.9 Å². The van der Waals surface area contributed by atoms with Crippen LogP contribution >= 0.6 is 0 Å². The van der Waals surface area contributed by atoms with Gasteiger partial charge in [-0.3, -0.25) is 4.79 Å². The average Bonchev–Trinajstić information content (AvgIpc) is 2.26. The first-order valence-corrected chi connectivity index (χ1v) is 5.75. The molecule has 0 aromatic heterocycles. The zero-order valence-electron chi connectivity index (χ0n) is 10.8. The lowest BCUT2D eigenvalue weighted by Gasteiger charge is -2.21. The smallest absolute Gasteiger partial charge is 0.309 e. The summed E-state index contributed by atoms with van der Waals surface area (Å²) >= 11 is 0. The van der Waals surface area contributed by atoms with E-state index in [4.69, 9.17) is 5.11 Å². The number of aliphatic hydroxyl groups is 1. The minimum absolute atomic E-state index is 0.0574. The summed E-state index contributed by atoms with van der Waals surface area (Å²) in [5.74, 6) is -1.78. The highest BCUT2D eigenvalue weighted by atomic mass is 16.4. The lowest BCUT2D eigenvalue weighted by molar-refractivity contribution is -0.145. The number of carbonyl (C=O) groups is 1. The van der Waals surface area contributed by atoms with Gasteiger partial charge in [-0.05, 0) is 23.5 Å². The van der Waals surface area contributed by atoms with E-state index in [1.807, 2.05) is 12.1 Å². The SMILES string of the molecule is CC(C(=O)O)C(O)c1ccc(C(C)(C)C)cc1. The molecule has 0 saturated carbocycles. The van der Waals surface area contributed by atoms with Gasteiger partial charge in [0.05, 0.1) is 12.0 Å². The Hall–Kier alpha value is -1.35. The highest BCUT2D eigenvalue weighted by Gasteiger charge is 2.23. The molecular formula is C14H20O3. The molecule has 17 heavy (non-hydrogen) atoms. The number of aliphatic hydroxyl groups excluding tert-OH is 1. The predicted octanol–water partition coefficient (Wildman–Crippen LogP) is 2.74. The maximum absolute atomic E-state index is 10.8. The van der Waals surface area contributed by atoms with Gasteiger partial charge in [0.15, 0.2) is 0 Å². The molecule has 0 amide bonds. The number of aliphatic carboxylic acids is 1. The van der Waals surface area contributed by atoms with E-state index in [1.54, 1.807) is 12.1 Å². The Kier molecular flexibility index (Phi) is 3.94. The fourth-order valence-corrected chi connectivity index (χ4v) is 1.60. The predicted molar refractivity (Wildman–Crippen MR) is 66.9 cm³/mol. The van der Waals surface area contributed by atoms with Crippen molar-refractivity contribution in [3.05, 3.63) is 35.4 Å². The Bertz CT molecular complexity index is 387. The molecule has 3 heteroatoms. The first-order chi connectivity index (χ1) is 7.73. The van der Waals surface area contributed by atoms with E-state index in [0.717, 1.165) is 5.56 Å². The maximum Gasteiger partial charge on any atom is 0.309 e. The van der Waals surface area contributed by atoms with Crippen LogP contribution in [-0.2, 0) is 10.2 Å². The van der Waals surface area contributed by atoms with Crippen LogP contribution in [0.5, 0.6) is 0 Å². The number of carboxylic acid groups (broad SMARTS) is 1. The van der Waals surface area contributed by atoms with Crippen molar-refractivity contribution in [2.45, 2.75) is 39.2 Å². The Labute approximate surface area is 102 Å². The van der Waals surface area contributed by atoms with Gasteiger partial charge in [0.1, 0.15) is 0 Å². The third-order valence-electron chi connectivity index (χ3n) is 2.98. The maximum atomic E-state index is 10.8. The van der Waals surface area contributed by atoms with Gasteiger partial charge in [-0.25, -0.2) is 0 Å².